The Morgan fingerprint density at radius 1 is 1.05 bits per heavy atom. The molecule has 0 bridgehead atoms. The number of carbonyl (C=O) groups is 2. The number of hydrogen-bond donors (Lipinski definition) is 4. The fraction of sp³-hybridized carbons (Fsp3) is 0.214. The first-order valence-corrected chi connectivity index (χ1v) is 12.0. The largest absolute Gasteiger partial charge is 0.491 e. The molecule has 38 heavy (non-hydrogen) atoms. The van der Waals surface area contributed by atoms with Crippen molar-refractivity contribution in [1.82, 2.24) is 0 Å². The van der Waals surface area contributed by atoms with Gasteiger partial charge in [0, 0.05) is 17.7 Å². The molecule has 1 aliphatic heterocycles. The number of nitrogen functional groups attached to an aromatic ring is 1. The van der Waals surface area contributed by atoms with Crippen LogP contribution in [0.15, 0.2) is 78.9 Å². The molecule has 0 spiro atoms. The Hall–Kier alpha value is -4.70. The van der Waals surface area contributed by atoms with Gasteiger partial charge in [-0.15, -0.1) is 0 Å². The highest BCUT2D eigenvalue weighted by atomic mass is 16.7. The van der Waals surface area contributed by atoms with E-state index in [2.05, 4.69) is 10.6 Å². The summed E-state index contributed by atoms with van der Waals surface area (Å²) in [5.74, 6) is 0.930. The van der Waals surface area contributed by atoms with Gasteiger partial charge in [-0.2, -0.15) is 0 Å². The maximum atomic E-state index is 12.9. The number of carbonyl (C=O) groups excluding carboxylic acids is 2. The number of anilines is 3. The van der Waals surface area contributed by atoms with Crippen molar-refractivity contribution in [3.63, 3.8) is 0 Å². The maximum absolute atomic E-state index is 12.9. The van der Waals surface area contributed by atoms with Gasteiger partial charge in [0.15, 0.2) is 11.5 Å². The van der Waals surface area contributed by atoms with Gasteiger partial charge in [-0.05, 0) is 48.0 Å². The first kappa shape index (κ1) is 26.4. The standard InChI is InChI=1S/C28H29N3O7/c1-18(6-13-26(33)31-23-5-3-2-4-22(23)29)27(19-7-10-21(11-8-19)35-15-14-32)38-28(34)30-20-9-12-24-25(16-20)37-17-36-24/h2-13,16,18,27,32H,14-15,17,29H2,1H3,(H,30,34)(H,31,33)/b13-6+/t18-,27+/m0/s1. The molecule has 2 atom stereocenters. The molecule has 5 N–H and O–H groups in total. The van der Waals surface area contributed by atoms with Gasteiger partial charge in [0.1, 0.15) is 18.5 Å². The molecule has 10 nitrogen and oxygen atoms in total. The Morgan fingerprint density at radius 3 is 2.58 bits per heavy atom. The summed E-state index contributed by atoms with van der Waals surface area (Å²) in [6, 6.07) is 18.9. The van der Waals surface area contributed by atoms with E-state index >= 15 is 0 Å². The van der Waals surface area contributed by atoms with Gasteiger partial charge in [0.05, 0.1) is 18.0 Å². The summed E-state index contributed by atoms with van der Waals surface area (Å²) in [5, 5.41) is 14.4. The third-order valence-electron chi connectivity index (χ3n) is 5.67. The number of amides is 2. The lowest BCUT2D eigenvalue weighted by molar-refractivity contribution is -0.111. The van der Waals surface area contributed by atoms with Crippen LogP contribution in [-0.2, 0) is 9.53 Å². The average Bonchev–Trinajstić information content (AvgIpc) is 3.39. The van der Waals surface area contributed by atoms with Crippen LogP contribution in [0.25, 0.3) is 0 Å². The van der Waals surface area contributed by atoms with Gasteiger partial charge in [-0.25, -0.2) is 4.79 Å². The molecule has 0 fully saturated rings. The molecule has 1 heterocycles. The number of nitrogens with one attached hydrogen (secondary N) is 2. The number of fused-ring (bicyclic) bond motifs is 1. The number of benzene rings is 3. The fourth-order valence-electron chi connectivity index (χ4n) is 3.76. The summed E-state index contributed by atoms with van der Waals surface area (Å²) in [7, 11) is 0. The zero-order chi connectivity index (χ0) is 26.9. The Kier molecular flexibility index (Phi) is 8.68. The van der Waals surface area contributed by atoms with Gasteiger partial charge in [0.2, 0.25) is 12.7 Å². The molecule has 0 saturated carbocycles. The summed E-state index contributed by atoms with van der Waals surface area (Å²) < 4.78 is 21.9. The second-order valence-corrected chi connectivity index (χ2v) is 8.45. The molecule has 0 aromatic heterocycles. The molecule has 0 radical (unpaired) electrons. The highest BCUT2D eigenvalue weighted by molar-refractivity contribution is 6.01. The molecule has 3 aromatic carbocycles. The van der Waals surface area contributed by atoms with Gasteiger partial charge in [0.25, 0.3) is 0 Å². The summed E-state index contributed by atoms with van der Waals surface area (Å²) >= 11 is 0. The summed E-state index contributed by atoms with van der Waals surface area (Å²) in [4.78, 5) is 25.3. The molecule has 10 heteroatoms. The molecule has 0 saturated heterocycles. The number of hydrogen-bond acceptors (Lipinski definition) is 8. The third-order valence-corrected chi connectivity index (χ3v) is 5.67. The van der Waals surface area contributed by atoms with Crippen molar-refractivity contribution in [2.24, 2.45) is 5.92 Å². The minimum absolute atomic E-state index is 0.105. The summed E-state index contributed by atoms with van der Waals surface area (Å²) in [6.45, 7) is 2.01. The van der Waals surface area contributed by atoms with Crippen LogP contribution in [0.2, 0.25) is 0 Å². The van der Waals surface area contributed by atoms with Crippen LogP contribution in [0.5, 0.6) is 17.2 Å². The number of aliphatic hydroxyl groups is 1. The number of para-hydroxylation sites is 2. The van der Waals surface area contributed by atoms with E-state index in [4.69, 9.17) is 29.8 Å². The zero-order valence-corrected chi connectivity index (χ0v) is 20.8. The van der Waals surface area contributed by atoms with Crippen LogP contribution in [0.1, 0.15) is 18.6 Å². The fourth-order valence-corrected chi connectivity index (χ4v) is 3.76. The van der Waals surface area contributed by atoms with E-state index in [1.807, 2.05) is 6.92 Å². The first-order chi connectivity index (χ1) is 18.4. The molecule has 198 valence electrons. The molecule has 3 aromatic rings. The van der Waals surface area contributed by atoms with Crippen LogP contribution < -0.4 is 30.6 Å². The molecule has 0 unspecified atom stereocenters. The molecule has 0 aliphatic carbocycles. The molecule has 4 rings (SSSR count). The van der Waals surface area contributed by atoms with Crippen LogP contribution >= 0.6 is 0 Å². The van der Waals surface area contributed by atoms with E-state index in [0.29, 0.717) is 39.9 Å². The predicted octanol–water partition coefficient (Wildman–Crippen LogP) is 4.49. The Balaban J connectivity index is 1.47. The van der Waals surface area contributed by atoms with Crippen molar-refractivity contribution in [2.45, 2.75) is 13.0 Å². The minimum atomic E-state index is -0.734. The summed E-state index contributed by atoms with van der Waals surface area (Å²) in [5.41, 5.74) is 8.02. The van der Waals surface area contributed by atoms with E-state index < -0.39 is 12.2 Å². The van der Waals surface area contributed by atoms with E-state index in [1.165, 1.54) is 6.08 Å². The zero-order valence-electron chi connectivity index (χ0n) is 20.8. The topological polar surface area (TPSA) is 141 Å². The monoisotopic (exact) mass is 519 g/mol. The predicted molar refractivity (Wildman–Crippen MR) is 142 cm³/mol. The van der Waals surface area contributed by atoms with Crippen molar-refractivity contribution in [3.8, 4) is 17.2 Å². The van der Waals surface area contributed by atoms with E-state index in [-0.39, 0.29) is 31.8 Å². The highest BCUT2D eigenvalue weighted by Crippen LogP contribution is 2.35. The third kappa shape index (κ3) is 6.95. The van der Waals surface area contributed by atoms with Gasteiger partial charge < -0.3 is 35.1 Å². The number of ether oxygens (including phenoxy) is 4. The van der Waals surface area contributed by atoms with Gasteiger partial charge in [-0.3, -0.25) is 10.1 Å². The van der Waals surface area contributed by atoms with Crippen molar-refractivity contribution >= 4 is 29.1 Å². The lowest BCUT2D eigenvalue weighted by Gasteiger charge is -2.23. The van der Waals surface area contributed by atoms with Crippen LogP contribution in [0.3, 0.4) is 0 Å². The molecule has 2 amide bonds. The Morgan fingerprint density at radius 2 is 1.82 bits per heavy atom. The normalized spacial score (nSPS) is 13.5. The summed E-state index contributed by atoms with van der Waals surface area (Å²) in [6.07, 6.45) is 1.61. The quantitative estimate of drug-likeness (QED) is 0.227. The lowest BCUT2D eigenvalue weighted by Crippen LogP contribution is -2.21. The SMILES string of the molecule is C[C@@H](/C=C/C(=O)Nc1ccccc1N)[C@@H](OC(=O)Nc1ccc2c(c1)OCO2)c1ccc(OCCO)cc1. The van der Waals surface area contributed by atoms with E-state index in [9.17, 15) is 9.59 Å². The van der Waals surface area contributed by atoms with E-state index in [1.54, 1.807) is 72.8 Å². The second kappa shape index (κ2) is 12.5. The number of rotatable bonds is 10. The van der Waals surface area contributed by atoms with Crippen LogP contribution in [0, 0.1) is 5.92 Å². The van der Waals surface area contributed by atoms with Crippen molar-refractivity contribution in [1.29, 1.82) is 0 Å². The van der Waals surface area contributed by atoms with Crippen LogP contribution in [-0.4, -0.2) is 37.1 Å². The molecular formula is C28H29N3O7. The number of nitrogens with two attached hydrogens (primary N) is 1. The smallest absolute Gasteiger partial charge is 0.412 e. The Labute approximate surface area is 220 Å². The van der Waals surface area contributed by atoms with E-state index in [0.717, 1.165) is 0 Å². The van der Waals surface area contributed by atoms with Crippen molar-refractivity contribution in [2.75, 3.05) is 36.4 Å². The minimum Gasteiger partial charge on any atom is -0.491 e. The van der Waals surface area contributed by atoms with Gasteiger partial charge in [-0.1, -0.05) is 37.3 Å². The van der Waals surface area contributed by atoms with Crippen molar-refractivity contribution < 1.29 is 33.6 Å². The maximum Gasteiger partial charge on any atom is 0.412 e. The van der Waals surface area contributed by atoms with Crippen LogP contribution in [0.4, 0.5) is 21.9 Å². The molecular weight excluding hydrogens is 490 g/mol. The Bertz CT molecular complexity index is 1290. The van der Waals surface area contributed by atoms with Gasteiger partial charge >= 0.3 is 6.09 Å². The average molecular weight is 520 g/mol. The second-order valence-electron chi connectivity index (χ2n) is 8.45. The highest BCUT2D eigenvalue weighted by Gasteiger charge is 2.23. The first-order valence-electron chi connectivity index (χ1n) is 12.0. The number of aliphatic hydroxyl groups excluding tert-OH is 1. The molecule has 1 aliphatic rings. The lowest BCUT2D eigenvalue weighted by atomic mass is 9.96. The van der Waals surface area contributed by atoms with Crippen molar-refractivity contribution in [3.05, 3.63) is 84.4 Å².